The third kappa shape index (κ3) is 9.36. The summed E-state index contributed by atoms with van der Waals surface area (Å²) in [6, 6.07) is 0. The minimum atomic E-state index is 0. The van der Waals surface area contributed by atoms with Crippen molar-refractivity contribution in [2.24, 2.45) is 0 Å². The van der Waals surface area contributed by atoms with Gasteiger partial charge in [-0.2, -0.15) is 0 Å². The smallest absolute Gasteiger partial charge is 1.00 e. The molecule has 0 radical (unpaired) electrons. The van der Waals surface area contributed by atoms with Crippen LogP contribution in [0.5, 0.6) is 0 Å². The molecule has 0 heterocycles. The van der Waals surface area contributed by atoms with Crippen LogP contribution in [0.4, 0.5) is 0 Å². The second-order valence-corrected chi connectivity index (χ2v) is 0.802. The van der Waals surface area contributed by atoms with E-state index in [1.54, 1.807) is 0 Å². The number of rotatable bonds is 0. The van der Waals surface area contributed by atoms with Crippen molar-refractivity contribution in [3.05, 3.63) is 0 Å². The fraction of sp³-hybridized carbons (Fsp3) is 0. The van der Waals surface area contributed by atoms with E-state index < -0.39 is 0 Å². The molecule has 0 aromatic carbocycles. The van der Waals surface area contributed by atoms with Crippen molar-refractivity contribution >= 4 is 21.3 Å². The predicted octanol–water partition coefficient (Wildman–Crippen LogP) is -1.94. The molecule has 1 nitrogen and oxygen atoms in total. The van der Waals surface area contributed by atoms with Gasteiger partial charge in [-0.25, -0.2) is 0 Å². The molecule has 0 aliphatic carbocycles. The van der Waals surface area contributed by atoms with Crippen LogP contribution >= 0.6 is 21.3 Å². The molecule has 0 fully saturated rings. The summed E-state index contributed by atoms with van der Waals surface area (Å²) < 4.78 is 3.64. The van der Waals surface area contributed by atoms with Crippen LogP contribution in [0.2, 0.25) is 0 Å². The largest absolute Gasteiger partial charge is 1.00 e. The van der Waals surface area contributed by atoms with Crippen molar-refractivity contribution in [1.29, 1.82) is 0 Å². The van der Waals surface area contributed by atoms with Gasteiger partial charge in [0.05, 0.1) is 11.9 Å². The Labute approximate surface area is 56.3 Å². The van der Waals surface area contributed by atoms with Crippen molar-refractivity contribution in [2.75, 3.05) is 0 Å². The van der Waals surface area contributed by atoms with E-state index in [0.717, 1.165) is 0 Å². The average Bonchev–Trinajstić information content (AvgIpc) is 0.918. The van der Waals surface area contributed by atoms with Crippen molar-refractivity contribution in [1.82, 2.24) is 0 Å². The van der Waals surface area contributed by atoms with Gasteiger partial charge in [-0.15, -0.1) is 0 Å². The van der Waals surface area contributed by atoms with E-state index in [-0.39, 0.29) is 31.0 Å². The molecule has 0 saturated carbocycles. The summed E-state index contributed by atoms with van der Waals surface area (Å²) in [5.41, 5.74) is 0. The average molecular weight is 108 g/mol. The van der Waals surface area contributed by atoms with Crippen LogP contribution in [0, 0.1) is 0 Å². The van der Waals surface area contributed by atoms with E-state index in [1.165, 1.54) is 0 Å². The molecule has 0 aliphatic heterocycles. The van der Waals surface area contributed by atoms with E-state index in [0.29, 0.717) is 0 Å². The molecule has 0 spiro atoms. The molecule has 0 aromatic heterocycles. The Morgan fingerprint density at radius 1 is 2.00 bits per heavy atom. The fourth-order valence-corrected chi connectivity index (χ4v) is 0. The topological polar surface area (TPSA) is 9.23 Å². The van der Waals surface area contributed by atoms with Gasteiger partial charge in [-0.3, -0.25) is 4.08 Å². The number of hydrogen-bond acceptors (Lipinski definition) is 1. The second-order valence-electron chi connectivity index (χ2n) is 0.0891. The zero-order valence-corrected chi connectivity index (χ0v) is 6.27. The van der Waals surface area contributed by atoms with E-state index in [1.807, 2.05) is 9.47 Å². The molecule has 0 rings (SSSR count). The van der Waals surface area contributed by atoms with Crippen LogP contribution in [0.15, 0.2) is 0 Å². The molecule has 0 amide bonds. The van der Waals surface area contributed by atoms with Crippen molar-refractivity contribution in [2.45, 2.75) is 0 Å². The van der Waals surface area contributed by atoms with Gasteiger partial charge >= 0.3 is 29.6 Å². The molecule has 4 heavy (non-hydrogen) atoms. The summed E-state index contributed by atoms with van der Waals surface area (Å²) in [7, 11) is 1.84. The Morgan fingerprint density at radius 2 is 2.00 bits per heavy atom. The Balaban J connectivity index is -0.0000000200. The zero-order chi connectivity index (χ0) is 2.71. The Bertz CT molecular complexity index is 11.6. The molecule has 4 heteroatoms. The minimum Gasteiger partial charge on any atom is -1.00 e. The van der Waals surface area contributed by atoms with Crippen molar-refractivity contribution < 1.29 is 35.1 Å². The summed E-state index contributed by atoms with van der Waals surface area (Å²) in [4.78, 5) is 0. The third-order valence-corrected chi connectivity index (χ3v) is 0. The van der Waals surface area contributed by atoms with Crippen LogP contribution < -0.4 is 29.6 Å². The van der Waals surface area contributed by atoms with Crippen LogP contribution in [0.25, 0.3) is 0 Å². The predicted molar refractivity (Wildman–Crippen MR) is 17.8 cm³/mol. The third-order valence-electron chi connectivity index (χ3n) is 0. The van der Waals surface area contributed by atoms with Crippen LogP contribution in [-0.2, 0) is 4.08 Å². The Hall–Kier alpha value is 1.68. The summed E-state index contributed by atoms with van der Waals surface area (Å²) in [6.07, 6.45) is 0. The summed E-state index contributed by atoms with van der Waals surface area (Å²) in [6.45, 7) is 0. The molecular weight excluding hydrogens is 105 g/mol. The first-order valence-corrected chi connectivity index (χ1v) is 1.17. The maximum Gasteiger partial charge on any atom is 1.00 e. The molecule has 0 N–H and O–H groups in total. The van der Waals surface area contributed by atoms with E-state index in [2.05, 4.69) is 15.9 Å². The summed E-state index contributed by atoms with van der Waals surface area (Å²) in [5, 5.41) is 0. The van der Waals surface area contributed by atoms with Crippen LogP contribution in [-0.4, -0.2) is 0 Å². The van der Waals surface area contributed by atoms with Gasteiger partial charge in [-0.1, -0.05) is 0 Å². The molecule has 0 bridgehead atoms. The van der Waals surface area contributed by atoms with Gasteiger partial charge in [0.25, 0.3) is 0 Å². The first kappa shape index (κ1) is 9.19. The van der Waals surface area contributed by atoms with Crippen LogP contribution in [0.1, 0.15) is 1.43 Å². The standard InChI is InChI=1S/ClH2OP.Na.H/c1-2-3;;/h3H2;;/q;+1;-1. The number of halogens is 1. The quantitative estimate of drug-likeness (QED) is 0.259. The van der Waals surface area contributed by atoms with Gasteiger partial charge < -0.3 is 1.43 Å². The van der Waals surface area contributed by atoms with Gasteiger partial charge in [0.2, 0.25) is 0 Å². The van der Waals surface area contributed by atoms with Gasteiger partial charge in [0.1, 0.15) is 0 Å². The van der Waals surface area contributed by atoms with Gasteiger partial charge in [0.15, 0.2) is 0 Å². The molecule has 0 saturated heterocycles. The monoisotopic (exact) mass is 108 g/mol. The zero-order valence-electron chi connectivity index (χ0n) is 3.36. The first-order valence-electron chi connectivity index (χ1n) is 0.390. The van der Waals surface area contributed by atoms with E-state index in [9.17, 15) is 0 Å². The molecule has 0 aliphatic rings. The van der Waals surface area contributed by atoms with Crippen molar-refractivity contribution in [3.63, 3.8) is 0 Å². The minimum absolute atomic E-state index is 0. The maximum absolute atomic E-state index is 4.46. The SMILES string of the molecule is POCl.[H-].[Na+]. The molecule has 1 unspecified atom stereocenters. The summed E-state index contributed by atoms with van der Waals surface area (Å²) >= 11 is 4.46. The molecular formula is H3ClNaOP. The Kier molecular flexibility index (Phi) is 20.3. The maximum atomic E-state index is 4.46. The van der Waals surface area contributed by atoms with Gasteiger partial charge in [-0.05, 0) is 0 Å². The van der Waals surface area contributed by atoms with Crippen LogP contribution in [0.3, 0.4) is 0 Å². The van der Waals surface area contributed by atoms with E-state index >= 15 is 0 Å². The second kappa shape index (κ2) is 8.82. The molecule has 22 valence electrons. The number of hydrogen-bond donors (Lipinski definition) is 0. The van der Waals surface area contributed by atoms with E-state index in [4.69, 9.17) is 0 Å². The normalized spacial score (nSPS) is 4.50. The molecule has 0 aromatic rings. The fourth-order valence-electron chi connectivity index (χ4n) is 0. The van der Waals surface area contributed by atoms with Crippen molar-refractivity contribution in [3.8, 4) is 0 Å². The first-order chi connectivity index (χ1) is 1.41. The Morgan fingerprint density at radius 3 is 2.00 bits per heavy atom. The van der Waals surface area contributed by atoms with Gasteiger partial charge in [0, 0.05) is 9.47 Å². The summed E-state index contributed by atoms with van der Waals surface area (Å²) in [5.74, 6) is 0. The molecule has 1 atom stereocenters.